The molecule has 0 aliphatic heterocycles. The summed E-state index contributed by atoms with van der Waals surface area (Å²) in [6, 6.07) is 5.06. The van der Waals surface area contributed by atoms with E-state index in [-0.39, 0.29) is 16.8 Å². The highest BCUT2D eigenvalue weighted by Crippen LogP contribution is 2.20. The minimum atomic E-state index is -0.782. The Morgan fingerprint density at radius 1 is 1.39 bits per heavy atom. The van der Waals surface area contributed by atoms with Crippen LogP contribution >= 0.6 is 0 Å². The molecule has 2 aromatic rings. The first-order chi connectivity index (χ1) is 8.52. The van der Waals surface area contributed by atoms with Gasteiger partial charge in [-0.15, -0.1) is 0 Å². The molecule has 2 rings (SSSR count). The Kier molecular flexibility index (Phi) is 2.80. The summed E-state index contributed by atoms with van der Waals surface area (Å²) < 4.78 is 4.91. The van der Waals surface area contributed by atoms with Crippen molar-refractivity contribution >= 4 is 22.6 Å². The van der Waals surface area contributed by atoms with Gasteiger partial charge in [0.15, 0.2) is 0 Å². The average Bonchev–Trinajstić information content (AvgIpc) is 2.36. The van der Waals surface area contributed by atoms with Crippen LogP contribution in [0, 0.1) is 10.1 Å². The Bertz CT molecular complexity index is 704. The lowest BCUT2D eigenvalue weighted by Crippen LogP contribution is -2.24. The van der Waals surface area contributed by atoms with Gasteiger partial charge in [-0.2, -0.15) is 0 Å². The maximum absolute atomic E-state index is 11.5. The maximum Gasteiger partial charge on any atom is 0.349 e. The van der Waals surface area contributed by atoms with Crippen molar-refractivity contribution in [3.63, 3.8) is 0 Å². The number of amides is 1. The van der Waals surface area contributed by atoms with E-state index in [0.29, 0.717) is 5.39 Å². The van der Waals surface area contributed by atoms with Gasteiger partial charge in [0.2, 0.25) is 0 Å². The van der Waals surface area contributed by atoms with Crippen molar-refractivity contribution in [2.24, 2.45) is 0 Å². The van der Waals surface area contributed by atoms with Crippen molar-refractivity contribution in [1.82, 2.24) is 5.32 Å². The van der Waals surface area contributed by atoms with Crippen molar-refractivity contribution in [1.29, 1.82) is 0 Å². The predicted octanol–water partition coefficient (Wildman–Crippen LogP) is 1.06. The molecule has 0 bridgehead atoms. The van der Waals surface area contributed by atoms with Gasteiger partial charge in [-0.3, -0.25) is 14.9 Å². The van der Waals surface area contributed by atoms with Gasteiger partial charge in [-0.05, 0) is 12.1 Å². The Balaban J connectivity index is 2.71. The topological polar surface area (TPSA) is 102 Å². The van der Waals surface area contributed by atoms with Crippen molar-refractivity contribution < 1.29 is 14.1 Å². The van der Waals surface area contributed by atoms with E-state index in [1.54, 1.807) is 0 Å². The highest BCUT2D eigenvalue weighted by molar-refractivity contribution is 5.96. The lowest BCUT2D eigenvalue weighted by Gasteiger charge is -2.00. The van der Waals surface area contributed by atoms with E-state index >= 15 is 0 Å². The Labute approximate surface area is 100 Å². The van der Waals surface area contributed by atoms with Gasteiger partial charge >= 0.3 is 5.63 Å². The SMILES string of the molecule is CNC(=O)c1cc2cc([N+](=O)[O-])ccc2oc1=O. The molecule has 1 heterocycles. The third kappa shape index (κ3) is 1.93. The zero-order valence-electron chi connectivity index (χ0n) is 9.30. The molecule has 0 unspecified atom stereocenters. The first kappa shape index (κ1) is 11.8. The lowest BCUT2D eigenvalue weighted by atomic mass is 10.1. The second kappa shape index (κ2) is 4.28. The highest BCUT2D eigenvalue weighted by atomic mass is 16.6. The molecule has 7 nitrogen and oxygen atoms in total. The molecule has 1 N–H and O–H groups in total. The van der Waals surface area contributed by atoms with Crippen LogP contribution in [0.5, 0.6) is 0 Å². The molecule has 92 valence electrons. The van der Waals surface area contributed by atoms with Gasteiger partial charge in [0.1, 0.15) is 11.1 Å². The number of hydrogen-bond donors (Lipinski definition) is 1. The minimum absolute atomic E-state index is 0.140. The van der Waals surface area contributed by atoms with Crippen LogP contribution in [0.2, 0.25) is 0 Å². The quantitative estimate of drug-likeness (QED) is 0.486. The van der Waals surface area contributed by atoms with Crippen LogP contribution in [-0.4, -0.2) is 17.9 Å². The summed E-state index contributed by atoms with van der Waals surface area (Å²) in [5, 5.41) is 13.2. The molecule has 1 aromatic carbocycles. The minimum Gasteiger partial charge on any atom is -0.422 e. The third-order valence-electron chi connectivity index (χ3n) is 2.40. The first-order valence-corrected chi connectivity index (χ1v) is 4.97. The first-order valence-electron chi connectivity index (χ1n) is 4.97. The molecule has 0 saturated heterocycles. The molecular weight excluding hydrogens is 240 g/mol. The van der Waals surface area contributed by atoms with Gasteiger partial charge in [0.25, 0.3) is 11.6 Å². The molecule has 7 heteroatoms. The fraction of sp³-hybridized carbons (Fsp3) is 0.0909. The van der Waals surface area contributed by atoms with E-state index in [0.717, 1.165) is 0 Å². The van der Waals surface area contributed by atoms with Crippen LogP contribution in [0.4, 0.5) is 5.69 Å². The standard InChI is InChI=1S/C11H8N2O5/c1-12-10(14)8-5-6-4-7(13(16)17)2-3-9(6)18-11(8)15/h2-5H,1H3,(H,12,14). The number of non-ortho nitro benzene ring substituents is 1. The monoisotopic (exact) mass is 248 g/mol. The number of nitrogens with zero attached hydrogens (tertiary/aromatic N) is 1. The maximum atomic E-state index is 11.5. The molecule has 0 fully saturated rings. The van der Waals surface area contributed by atoms with Gasteiger partial charge in [0.05, 0.1) is 4.92 Å². The fourth-order valence-corrected chi connectivity index (χ4v) is 1.52. The van der Waals surface area contributed by atoms with E-state index in [9.17, 15) is 19.7 Å². The molecular formula is C11H8N2O5. The normalized spacial score (nSPS) is 10.3. The Hall–Kier alpha value is -2.70. The highest BCUT2D eigenvalue weighted by Gasteiger charge is 2.14. The number of carbonyl (C=O) groups excluding carboxylic acids is 1. The summed E-state index contributed by atoms with van der Waals surface area (Å²) in [6.45, 7) is 0. The van der Waals surface area contributed by atoms with Crippen molar-refractivity contribution in [3.05, 3.63) is 50.4 Å². The lowest BCUT2D eigenvalue weighted by molar-refractivity contribution is -0.384. The van der Waals surface area contributed by atoms with E-state index in [4.69, 9.17) is 4.42 Å². The molecule has 0 atom stereocenters. The second-order valence-electron chi connectivity index (χ2n) is 3.51. The summed E-state index contributed by atoms with van der Waals surface area (Å²) >= 11 is 0. The van der Waals surface area contributed by atoms with Crippen LogP contribution in [0.25, 0.3) is 11.0 Å². The van der Waals surface area contributed by atoms with Crippen molar-refractivity contribution in [3.8, 4) is 0 Å². The average molecular weight is 248 g/mol. The van der Waals surface area contributed by atoms with E-state index in [1.165, 1.54) is 31.3 Å². The van der Waals surface area contributed by atoms with E-state index < -0.39 is 16.5 Å². The number of hydrogen-bond acceptors (Lipinski definition) is 5. The molecule has 1 amide bonds. The second-order valence-corrected chi connectivity index (χ2v) is 3.51. The number of fused-ring (bicyclic) bond motifs is 1. The zero-order valence-corrected chi connectivity index (χ0v) is 9.30. The van der Waals surface area contributed by atoms with Crippen LogP contribution in [0.1, 0.15) is 10.4 Å². The third-order valence-corrected chi connectivity index (χ3v) is 2.40. The van der Waals surface area contributed by atoms with E-state index in [1.807, 2.05) is 0 Å². The largest absolute Gasteiger partial charge is 0.422 e. The zero-order chi connectivity index (χ0) is 13.3. The number of nitro benzene ring substituents is 1. The van der Waals surface area contributed by atoms with Gasteiger partial charge in [-0.1, -0.05) is 0 Å². The van der Waals surface area contributed by atoms with Gasteiger partial charge in [0, 0.05) is 24.6 Å². The van der Waals surface area contributed by atoms with Gasteiger partial charge < -0.3 is 9.73 Å². The Morgan fingerprint density at radius 2 is 2.11 bits per heavy atom. The molecule has 0 radical (unpaired) electrons. The van der Waals surface area contributed by atoms with Crippen molar-refractivity contribution in [2.45, 2.75) is 0 Å². The van der Waals surface area contributed by atoms with E-state index in [2.05, 4.69) is 5.32 Å². The summed E-state index contributed by atoms with van der Waals surface area (Å²) in [6.07, 6.45) is 0. The molecule has 0 aliphatic rings. The van der Waals surface area contributed by atoms with Crippen molar-refractivity contribution in [2.75, 3.05) is 7.05 Å². The smallest absolute Gasteiger partial charge is 0.349 e. The van der Waals surface area contributed by atoms with Crippen LogP contribution < -0.4 is 10.9 Å². The van der Waals surface area contributed by atoms with Crippen LogP contribution in [0.3, 0.4) is 0 Å². The number of benzene rings is 1. The molecule has 1 aromatic heterocycles. The number of carbonyl (C=O) groups is 1. The summed E-state index contributed by atoms with van der Waals surface area (Å²) in [7, 11) is 1.37. The van der Waals surface area contributed by atoms with Crippen LogP contribution in [0.15, 0.2) is 33.5 Å². The predicted molar refractivity (Wildman–Crippen MR) is 62.5 cm³/mol. The molecule has 0 aliphatic carbocycles. The van der Waals surface area contributed by atoms with Crippen LogP contribution in [-0.2, 0) is 0 Å². The summed E-state index contributed by atoms with van der Waals surface area (Å²) in [5.41, 5.74) is -0.918. The fourth-order valence-electron chi connectivity index (χ4n) is 1.52. The Morgan fingerprint density at radius 3 is 2.72 bits per heavy atom. The summed E-state index contributed by atoms with van der Waals surface area (Å²) in [5.74, 6) is -0.600. The molecule has 18 heavy (non-hydrogen) atoms. The summed E-state index contributed by atoms with van der Waals surface area (Å²) in [4.78, 5) is 32.9. The molecule has 0 spiro atoms. The molecule has 0 saturated carbocycles. The number of nitro groups is 1. The van der Waals surface area contributed by atoms with Gasteiger partial charge in [-0.25, -0.2) is 4.79 Å². The number of rotatable bonds is 2. The number of nitrogens with one attached hydrogen (secondary N) is 1.